The van der Waals surface area contributed by atoms with Crippen LogP contribution < -0.4 is 5.32 Å². The number of carbonyl (C=O) groups excluding carboxylic acids is 1. The molecule has 0 spiro atoms. The van der Waals surface area contributed by atoms with E-state index in [2.05, 4.69) is 31.3 Å². The van der Waals surface area contributed by atoms with Crippen molar-refractivity contribution in [2.45, 2.75) is 45.6 Å². The topological polar surface area (TPSA) is 38.3 Å². The van der Waals surface area contributed by atoms with Crippen molar-refractivity contribution < 1.29 is 9.53 Å². The molecule has 3 nitrogen and oxygen atoms in total. The molecule has 18 heavy (non-hydrogen) atoms. The molecule has 0 aliphatic rings. The number of amides is 1. The van der Waals surface area contributed by atoms with Crippen LogP contribution in [0.1, 0.15) is 37.3 Å². The van der Waals surface area contributed by atoms with Gasteiger partial charge in [-0.25, -0.2) is 4.79 Å². The highest BCUT2D eigenvalue weighted by Gasteiger charge is 2.14. The van der Waals surface area contributed by atoms with Crippen LogP contribution >= 0.6 is 0 Å². The number of ether oxygens (including phenoxy) is 1. The number of benzene rings is 1. The summed E-state index contributed by atoms with van der Waals surface area (Å²) in [5, 5.41) is 2.51. The second kappa shape index (κ2) is 7.75. The van der Waals surface area contributed by atoms with E-state index in [0.29, 0.717) is 0 Å². The molecule has 0 aliphatic heterocycles. The van der Waals surface area contributed by atoms with E-state index in [1.54, 1.807) is 7.05 Å². The highest BCUT2D eigenvalue weighted by atomic mass is 16.6. The van der Waals surface area contributed by atoms with E-state index in [1.807, 2.05) is 12.1 Å². The molecule has 0 aromatic heterocycles. The molecule has 1 rings (SSSR count). The molecule has 0 radical (unpaired) electrons. The first-order valence-electron chi connectivity index (χ1n) is 6.60. The Morgan fingerprint density at radius 2 is 2.11 bits per heavy atom. The van der Waals surface area contributed by atoms with Crippen LogP contribution in [0.4, 0.5) is 4.79 Å². The van der Waals surface area contributed by atoms with Gasteiger partial charge in [-0.05, 0) is 24.5 Å². The Hall–Kier alpha value is -1.51. The zero-order valence-corrected chi connectivity index (χ0v) is 11.5. The molecule has 0 heterocycles. The van der Waals surface area contributed by atoms with Crippen LogP contribution in [0, 0.1) is 6.92 Å². The number of rotatable bonds is 6. The summed E-state index contributed by atoms with van der Waals surface area (Å²) < 4.78 is 5.41. The summed E-state index contributed by atoms with van der Waals surface area (Å²) in [5.74, 6) is 0. The van der Waals surface area contributed by atoms with Crippen molar-refractivity contribution in [1.82, 2.24) is 5.32 Å². The third-order valence-electron chi connectivity index (χ3n) is 3.07. The lowest BCUT2D eigenvalue weighted by atomic mass is 9.99. The van der Waals surface area contributed by atoms with Crippen LogP contribution in [-0.2, 0) is 11.2 Å². The number of nitrogens with one attached hydrogen (secondary N) is 1. The van der Waals surface area contributed by atoms with E-state index in [-0.39, 0.29) is 12.2 Å². The zero-order chi connectivity index (χ0) is 13.4. The van der Waals surface area contributed by atoms with Crippen LogP contribution in [-0.4, -0.2) is 19.2 Å². The first kappa shape index (κ1) is 14.6. The maximum absolute atomic E-state index is 11.3. The van der Waals surface area contributed by atoms with Gasteiger partial charge in [-0.15, -0.1) is 0 Å². The van der Waals surface area contributed by atoms with Gasteiger partial charge < -0.3 is 10.1 Å². The molecular formula is C15H23NO2. The Kier molecular flexibility index (Phi) is 6.26. The SMILES string of the molecule is CCCCC(Cc1ccccc1C)OC(=O)NC. The summed E-state index contributed by atoms with van der Waals surface area (Å²) in [4.78, 5) is 11.3. The van der Waals surface area contributed by atoms with Crippen molar-refractivity contribution in [2.24, 2.45) is 0 Å². The summed E-state index contributed by atoms with van der Waals surface area (Å²) in [6.45, 7) is 4.23. The van der Waals surface area contributed by atoms with Gasteiger partial charge >= 0.3 is 6.09 Å². The lowest BCUT2D eigenvalue weighted by Gasteiger charge is -2.18. The van der Waals surface area contributed by atoms with Crippen molar-refractivity contribution >= 4 is 6.09 Å². The van der Waals surface area contributed by atoms with E-state index >= 15 is 0 Å². The first-order valence-corrected chi connectivity index (χ1v) is 6.60. The van der Waals surface area contributed by atoms with Gasteiger partial charge in [0.15, 0.2) is 0 Å². The van der Waals surface area contributed by atoms with Crippen molar-refractivity contribution in [1.29, 1.82) is 0 Å². The van der Waals surface area contributed by atoms with E-state index in [4.69, 9.17) is 4.74 Å². The van der Waals surface area contributed by atoms with Crippen molar-refractivity contribution in [3.63, 3.8) is 0 Å². The summed E-state index contributed by atoms with van der Waals surface area (Å²) in [6, 6.07) is 8.24. The normalized spacial score (nSPS) is 11.9. The third-order valence-corrected chi connectivity index (χ3v) is 3.07. The molecule has 0 saturated carbocycles. The number of unbranched alkanes of at least 4 members (excludes halogenated alkanes) is 1. The highest BCUT2D eigenvalue weighted by molar-refractivity contribution is 5.66. The van der Waals surface area contributed by atoms with Crippen LogP contribution in [0.15, 0.2) is 24.3 Å². The van der Waals surface area contributed by atoms with Gasteiger partial charge in [0.1, 0.15) is 6.10 Å². The fourth-order valence-electron chi connectivity index (χ4n) is 1.93. The number of alkyl carbamates (subject to hydrolysis) is 1. The van der Waals surface area contributed by atoms with Crippen molar-refractivity contribution in [3.05, 3.63) is 35.4 Å². The smallest absolute Gasteiger partial charge is 0.407 e. The highest BCUT2D eigenvalue weighted by Crippen LogP contribution is 2.15. The molecule has 0 bridgehead atoms. The van der Waals surface area contributed by atoms with Crippen LogP contribution in [0.25, 0.3) is 0 Å². The van der Waals surface area contributed by atoms with Gasteiger partial charge in [0.25, 0.3) is 0 Å². The Bertz CT molecular complexity index is 377. The summed E-state index contributed by atoms with van der Waals surface area (Å²) in [5.41, 5.74) is 2.50. The Balaban J connectivity index is 2.65. The van der Waals surface area contributed by atoms with Crippen molar-refractivity contribution in [2.75, 3.05) is 7.05 Å². The monoisotopic (exact) mass is 249 g/mol. The Morgan fingerprint density at radius 1 is 1.39 bits per heavy atom. The maximum atomic E-state index is 11.3. The van der Waals surface area contributed by atoms with E-state index in [0.717, 1.165) is 25.7 Å². The molecule has 1 atom stereocenters. The lowest BCUT2D eigenvalue weighted by Crippen LogP contribution is -2.27. The minimum absolute atomic E-state index is 0.0361. The lowest BCUT2D eigenvalue weighted by molar-refractivity contribution is 0.0929. The van der Waals surface area contributed by atoms with Gasteiger partial charge in [-0.2, -0.15) is 0 Å². The van der Waals surface area contributed by atoms with E-state index in [9.17, 15) is 4.79 Å². The number of carbonyl (C=O) groups is 1. The maximum Gasteiger partial charge on any atom is 0.407 e. The molecule has 1 amide bonds. The Labute approximate surface area is 110 Å². The van der Waals surface area contributed by atoms with Crippen LogP contribution in [0.3, 0.4) is 0 Å². The summed E-state index contributed by atoms with van der Waals surface area (Å²) in [7, 11) is 1.59. The number of hydrogen-bond acceptors (Lipinski definition) is 2. The molecule has 1 unspecified atom stereocenters. The van der Waals surface area contributed by atoms with Gasteiger partial charge in [-0.1, -0.05) is 44.0 Å². The Morgan fingerprint density at radius 3 is 2.72 bits per heavy atom. The molecule has 1 N–H and O–H groups in total. The third kappa shape index (κ3) is 4.78. The predicted molar refractivity (Wildman–Crippen MR) is 73.7 cm³/mol. The quantitative estimate of drug-likeness (QED) is 0.838. The summed E-state index contributed by atoms with van der Waals surface area (Å²) in [6.07, 6.45) is 3.52. The molecule has 0 aliphatic carbocycles. The standard InChI is InChI=1S/C15H23NO2/c1-4-5-10-14(18-15(17)16-3)11-13-9-7-6-8-12(13)2/h6-9,14H,4-5,10-11H2,1-3H3,(H,16,17). The molecule has 0 saturated heterocycles. The van der Waals surface area contributed by atoms with Gasteiger partial charge in [-0.3, -0.25) is 0 Å². The fourth-order valence-corrected chi connectivity index (χ4v) is 1.93. The van der Waals surface area contributed by atoms with Crippen LogP contribution in [0.5, 0.6) is 0 Å². The molecule has 0 fully saturated rings. The minimum atomic E-state index is -0.343. The number of aryl methyl sites for hydroxylation is 1. The minimum Gasteiger partial charge on any atom is -0.446 e. The molecule has 100 valence electrons. The number of hydrogen-bond donors (Lipinski definition) is 1. The second-order valence-corrected chi connectivity index (χ2v) is 4.55. The first-order chi connectivity index (χ1) is 8.67. The van der Waals surface area contributed by atoms with Gasteiger partial charge in [0.2, 0.25) is 0 Å². The van der Waals surface area contributed by atoms with E-state index < -0.39 is 0 Å². The molecule has 1 aromatic carbocycles. The largest absolute Gasteiger partial charge is 0.446 e. The summed E-state index contributed by atoms with van der Waals surface area (Å²) >= 11 is 0. The molecule has 1 aromatic rings. The average Bonchev–Trinajstić information content (AvgIpc) is 2.38. The van der Waals surface area contributed by atoms with Crippen LogP contribution in [0.2, 0.25) is 0 Å². The fraction of sp³-hybridized carbons (Fsp3) is 0.533. The predicted octanol–water partition coefficient (Wildman–Crippen LogP) is 3.45. The van der Waals surface area contributed by atoms with Gasteiger partial charge in [0.05, 0.1) is 0 Å². The average molecular weight is 249 g/mol. The molecule has 3 heteroatoms. The van der Waals surface area contributed by atoms with E-state index in [1.165, 1.54) is 11.1 Å². The zero-order valence-electron chi connectivity index (χ0n) is 11.5. The second-order valence-electron chi connectivity index (χ2n) is 4.55. The van der Waals surface area contributed by atoms with Crippen molar-refractivity contribution in [3.8, 4) is 0 Å². The molecular weight excluding hydrogens is 226 g/mol. The van der Waals surface area contributed by atoms with Gasteiger partial charge in [0, 0.05) is 13.5 Å².